The van der Waals surface area contributed by atoms with Crippen LogP contribution in [0.4, 0.5) is 13.2 Å². The van der Waals surface area contributed by atoms with Gasteiger partial charge in [0.25, 0.3) is 0 Å². The first-order valence-corrected chi connectivity index (χ1v) is 10.3. The van der Waals surface area contributed by atoms with E-state index < -0.39 is 33.5 Å². The molecule has 0 aromatic heterocycles. The minimum Gasteiger partial charge on any atom is -0.389 e. The Bertz CT molecular complexity index is 953. The minimum atomic E-state index is -4.46. The van der Waals surface area contributed by atoms with Crippen LogP contribution >= 0.6 is 0 Å². The molecule has 2 aromatic carbocycles. The Morgan fingerprint density at radius 2 is 1.83 bits per heavy atom. The molecule has 3 N–H and O–H groups in total. The standard InChI is InChI=1S/C19H21F3N2O4S/c20-19(21,22)15-6-4-5-14(9-15)10-23-12-18(26)13-24(11-17(18)25)29(27,28)16-7-2-1-3-8-16/h1-9,17,23,25-26H,10-13H2/t17-,18+/m1/s1. The minimum absolute atomic E-state index is 0.0182. The molecule has 2 aromatic rings. The van der Waals surface area contributed by atoms with Crippen LogP contribution < -0.4 is 5.32 Å². The van der Waals surface area contributed by atoms with Gasteiger partial charge in [-0.15, -0.1) is 0 Å². The van der Waals surface area contributed by atoms with Crippen LogP contribution in [0.5, 0.6) is 0 Å². The molecule has 1 heterocycles. The summed E-state index contributed by atoms with van der Waals surface area (Å²) in [5.41, 5.74) is -2.19. The highest BCUT2D eigenvalue weighted by atomic mass is 32.2. The van der Waals surface area contributed by atoms with E-state index in [4.69, 9.17) is 0 Å². The summed E-state index contributed by atoms with van der Waals surface area (Å²) >= 11 is 0. The van der Waals surface area contributed by atoms with Gasteiger partial charge in [-0.2, -0.15) is 17.5 Å². The van der Waals surface area contributed by atoms with E-state index >= 15 is 0 Å². The number of rotatable bonds is 6. The molecular weight excluding hydrogens is 409 g/mol. The Labute approximate surface area is 166 Å². The molecule has 0 amide bonds. The van der Waals surface area contributed by atoms with E-state index in [0.717, 1.165) is 16.4 Å². The van der Waals surface area contributed by atoms with Gasteiger partial charge in [0.05, 0.1) is 16.6 Å². The number of aliphatic hydroxyl groups is 2. The first-order chi connectivity index (χ1) is 13.5. The second kappa shape index (κ2) is 8.04. The number of sulfonamides is 1. The molecule has 29 heavy (non-hydrogen) atoms. The molecule has 10 heteroatoms. The van der Waals surface area contributed by atoms with Crippen LogP contribution in [-0.4, -0.2) is 54.3 Å². The lowest BCUT2D eigenvalue weighted by molar-refractivity contribution is -0.137. The first kappa shape index (κ1) is 21.7. The fourth-order valence-corrected chi connectivity index (χ4v) is 4.75. The summed E-state index contributed by atoms with van der Waals surface area (Å²) in [5, 5.41) is 23.7. The molecule has 0 aliphatic carbocycles. The number of halogens is 3. The van der Waals surface area contributed by atoms with E-state index in [1.54, 1.807) is 18.2 Å². The maximum Gasteiger partial charge on any atom is 0.416 e. The van der Waals surface area contributed by atoms with Crippen LogP contribution in [0, 0.1) is 0 Å². The SMILES string of the molecule is O=S(=O)(c1ccccc1)N1C[C@@H](O)[C@](O)(CNCc2cccc(C(F)(F)F)c2)C1. The van der Waals surface area contributed by atoms with Crippen LogP contribution in [0.1, 0.15) is 11.1 Å². The number of β-amino-alcohol motifs (C(OH)–C–C–N with tert-alkyl or cyclic N) is 2. The van der Waals surface area contributed by atoms with Gasteiger partial charge < -0.3 is 15.5 Å². The van der Waals surface area contributed by atoms with Crippen molar-refractivity contribution in [3.63, 3.8) is 0 Å². The second-order valence-corrected chi connectivity index (χ2v) is 8.97. The van der Waals surface area contributed by atoms with E-state index in [1.165, 1.54) is 24.3 Å². The third kappa shape index (κ3) is 4.78. The Balaban J connectivity index is 1.64. The van der Waals surface area contributed by atoms with Crippen LogP contribution in [-0.2, 0) is 22.7 Å². The Morgan fingerprint density at radius 3 is 2.48 bits per heavy atom. The molecule has 0 radical (unpaired) electrons. The Kier molecular flexibility index (Phi) is 6.02. The van der Waals surface area contributed by atoms with Gasteiger partial charge in [0.15, 0.2) is 0 Å². The van der Waals surface area contributed by atoms with E-state index in [1.807, 2.05) is 0 Å². The van der Waals surface area contributed by atoms with Crippen molar-refractivity contribution >= 4 is 10.0 Å². The molecule has 1 fully saturated rings. The molecule has 1 aliphatic heterocycles. The average Bonchev–Trinajstić information content (AvgIpc) is 2.98. The van der Waals surface area contributed by atoms with E-state index in [9.17, 15) is 31.8 Å². The zero-order valence-electron chi connectivity index (χ0n) is 15.3. The molecule has 6 nitrogen and oxygen atoms in total. The molecule has 0 spiro atoms. The maximum atomic E-state index is 12.8. The van der Waals surface area contributed by atoms with Crippen molar-refractivity contribution in [2.24, 2.45) is 0 Å². The molecule has 0 saturated carbocycles. The highest BCUT2D eigenvalue weighted by Crippen LogP contribution is 2.30. The number of nitrogens with zero attached hydrogens (tertiary/aromatic N) is 1. The summed E-state index contributed by atoms with van der Waals surface area (Å²) in [7, 11) is -3.88. The quantitative estimate of drug-likeness (QED) is 0.648. The number of hydrogen-bond donors (Lipinski definition) is 3. The number of alkyl halides is 3. The third-order valence-electron chi connectivity index (χ3n) is 4.84. The summed E-state index contributed by atoms with van der Waals surface area (Å²) < 4.78 is 64.7. The molecular formula is C19H21F3N2O4S. The highest BCUT2D eigenvalue weighted by Gasteiger charge is 2.48. The lowest BCUT2D eigenvalue weighted by atomic mass is 10.0. The van der Waals surface area contributed by atoms with Crippen LogP contribution in [0.15, 0.2) is 59.5 Å². The second-order valence-electron chi connectivity index (χ2n) is 7.03. The molecule has 0 bridgehead atoms. The molecule has 3 rings (SSSR count). The summed E-state index contributed by atoms with van der Waals surface area (Å²) in [6, 6.07) is 12.4. The van der Waals surface area contributed by atoms with Gasteiger partial charge in [-0.1, -0.05) is 36.4 Å². The lowest BCUT2D eigenvalue weighted by Crippen LogP contribution is -2.50. The number of nitrogens with one attached hydrogen (secondary N) is 1. The first-order valence-electron chi connectivity index (χ1n) is 8.85. The van der Waals surface area contributed by atoms with Gasteiger partial charge in [0, 0.05) is 26.2 Å². The monoisotopic (exact) mass is 430 g/mol. The summed E-state index contributed by atoms with van der Waals surface area (Å²) in [5.74, 6) is 0. The highest BCUT2D eigenvalue weighted by molar-refractivity contribution is 7.89. The van der Waals surface area contributed by atoms with Crippen molar-refractivity contribution < 1.29 is 31.8 Å². The molecule has 1 aliphatic rings. The predicted molar refractivity (Wildman–Crippen MR) is 99.3 cm³/mol. The fourth-order valence-electron chi connectivity index (χ4n) is 3.22. The van der Waals surface area contributed by atoms with Crippen molar-refractivity contribution in [2.45, 2.75) is 29.3 Å². The molecule has 2 atom stereocenters. The molecule has 0 unspecified atom stereocenters. The third-order valence-corrected chi connectivity index (χ3v) is 6.67. The van der Waals surface area contributed by atoms with Gasteiger partial charge in [-0.25, -0.2) is 8.42 Å². The smallest absolute Gasteiger partial charge is 0.389 e. The Morgan fingerprint density at radius 1 is 1.14 bits per heavy atom. The average molecular weight is 430 g/mol. The van der Waals surface area contributed by atoms with Gasteiger partial charge >= 0.3 is 6.18 Å². The van der Waals surface area contributed by atoms with Gasteiger partial charge in [0.2, 0.25) is 10.0 Å². The normalized spacial score (nSPS) is 23.4. The fraction of sp³-hybridized carbons (Fsp3) is 0.368. The number of benzene rings is 2. The van der Waals surface area contributed by atoms with Crippen molar-refractivity contribution in [2.75, 3.05) is 19.6 Å². The van der Waals surface area contributed by atoms with E-state index in [-0.39, 0.29) is 31.1 Å². The van der Waals surface area contributed by atoms with Crippen molar-refractivity contribution in [3.8, 4) is 0 Å². The van der Waals surface area contributed by atoms with E-state index in [2.05, 4.69) is 5.32 Å². The van der Waals surface area contributed by atoms with Crippen molar-refractivity contribution in [3.05, 3.63) is 65.7 Å². The van der Waals surface area contributed by atoms with Crippen molar-refractivity contribution in [1.82, 2.24) is 9.62 Å². The van der Waals surface area contributed by atoms with Crippen molar-refractivity contribution in [1.29, 1.82) is 0 Å². The zero-order valence-corrected chi connectivity index (χ0v) is 16.1. The van der Waals surface area contributed by atoms with Crippen LogP contribution in [0.2, 0.25) is 0 Å². The van der Waals surface area contributed by atoms with Gasteiger partial charge in [0.1, 0.15) is 5.60 Å². The Hall–Kier alpha value is -1.98. The van der Waals surface area contributed by atoms with Crippen LogP contribution in [0.3, 0.4) is 0 Å². The van der Waals surface area contributed by atoms with Gasteiger partial charge in [-0.3, -0.25) is 0 Å². The van der Waals surface area contributed by atoms with Gasteiger partial charge in [-0.05, 0) is 23.8 Å². The summed E-state index contributed by atoms with van der Waals surface area (Å²) in [6.07, 6.45) is -5.79. The van der Waals surface area contributed by atoms with E-state index in [0.29, 0.717) is 5.56 Å². The number of aliphatic hydroxyl groups excluding tert-OH is 1. The topological polar surface area (TPSA) is 89.9 Å². The summed E-state index contributed by atoms with van der Waals surface area (Å²) in [4.78, 5) is 0.0494. The zero-order chi connectivity index (χ0) is 21.3. The molecule has 1 saturated heterocycles. The predicted octanol–water partition coefficient (Wildman–Crippen LogP) is 1.59. The molecule has 158 valence electrons. The maximum absolute atomic E-state index is 12.8. The number of hydrogen-bond acceptors (Lipinski definition) is 5. The summed E-state index contributed by atoms with van der Waals surface area (Å²) in [6.45, 7) is -0.782. The largest absolute Gasteiger partial charge is 0.416 e. The van der Waals surface area contributed by atoms with Crippen LogP contribution in [0.25, 0.3) is 0 Å². The lowest BCUT2D eigenvalue weighted by Gasteiger charge is -2.26.